The Morgan fingerprint density at radius 3 is 2.75 bits per heavy atom. The molecule has 0 amide bonds. The van der Waals surface area contributed by atoms with Gasteiger partial charge in [0.1, 0.15) is 0 Å². The van der Waals surface area contributed by atoms with Crippen LogP contribution >= 0.6 is 24.2 Å². The second-order valence-corrected chi connectivity index (χ2v) is 2.01. The third kappa shape index (κ3) is 1.65. The zero-order valence-corrected chi connectivity index (χ0v) is 5.71. The Morgan fingerprint density at radius 1 is 1.75 bits per heavy atom. The Hall–Kier alpha value is -0.330. The van der Waals surface area contributed by atoms with Gasteiger partial charge >= 0.3 is 0 Å². The standard InChI is InChI=1S/C4H4N2S.ClH/c5-3-6-1-2-7-4-6;/h1-2H,4H2;1H. The average Bonchev–Trinajstić information content (AvgIpc) is 2.14. The number of hydrogen-bond donors (Lipinski definition) is 0. The highest BCUT2D eigenvalue weighted by Gasteiger charge is 1.99. The maximum atomic E-state index is 8.18. The fourth-order valence-corrected chi connectivity index (χ4v) is 0.969. The molecule has 1 aliphatic heterocycles. The van der Waals surface area contributed by atoms with Crippen molar-refractivity contribution in [2.45, 2.75) is 0 Å². The smallest absolute Gasteiger partial charge is 0.184 e. The maximum absolute atomic E-state index is 8.18. The summed E-state index contributed by atoms with van der Waals surface area (Å²) in [6.07, 6.45) is 3.76. The normalized spacial score (nSPS) is 15.1. The van der Waals surface area contributed by atoms with Crippen LogP contribution in [0.15, 0.2) is 11.6 Å². The van der Waals surface area contributed by atoms with Crippen molar-refractivity contribution in [3.8, 4) is 6.19 Å². The minimum Gasteiger partial charge on any atom is -0.276 e. The first kappa shape index (κ1) is 7.67. The predicted octanol–water partition coefficient (Wildman–Crippen LogP) is 1.37. The number of rotatable bonds is 0. The zero-order valence-electron chi connectivity index (χ0n) is 4.07. The summed E-state index contributed by atoms with van der Waals surface area (Å²) >= 11 is 1.63. The molecule has 0 fully saturated rings. The Kier molecular flexibility index (Phi) is 3.49. The minimum atomic E-state index is 0. The van der Waals surface area contributed by atoms with E-state index in [0.29, 0.717) is 0 Å². The van der Waals surface area contributed by atoms with Gasteiger partial charge < -0.3 is 0 Å². The molecule has 0 saturated heterocycles. The van der Waals surface area contributed by atoms with Crippen molar-refractivity contribution in [1.82, 2.24) is 4.90 Å². The fraction of sp³-hybridized carbons (Fsp3) is 0.250. The van der Waals surface area contributed by atoms with Crippen LogP contribution < -0.4 is 0 Å². The summed E-state index contributed by atoms with van der Waals surface area (Å²) in [6.45, 7) is 0. The van der Waals surface area contributed by atoms with Crippen molar-refractivity contribution in [2.24, 2.45) is 0 Å². The topological polar surface area (TPSA) is 27.0 Å². The van der Waals surface area contributed by atoms with Gasteiger partial charge in [-0.05, 0) is 5.41 Å². The number of thioether (sulfide) groups is 1. The van der Waals surface area contributed by atoms with Crippen LogP contribution in [-0.4, -0.2) is 10.8 Å². The molecule has 0 spiro atoms. The quantitative estimate of drug-likeness (QED) is 0.486. The summed E-state index contributed by atoms with van der Waals surface area (Å²) in [5, 5.41) is 10.1. The monoisotopic (exact) mass is 148 g/mol. The molecule has 1 rings (SSSR count). The molecule has 0 aromatic heterocycles. The fourth-order valence-electron chi connectivity index (χ4n) is 0.345. The molecular weight excluding hydrogens is 144 g/mol. The molecule has 1 heterocycles. The van der Waals surface area contributed by atoms with E-state index in [1.54, 1.807) is 22.9 Å². The van der Waals surface area contributed by atoms with Crippen molar-refractivity contribution in [1.29, 1.82) is 5.26 Å². The van der Waals surface area contributed by atoms with E-state index >= 15 is 0 Å². The molecule has 0 aromatic rings. The zero-order chi connectivity index (χ0) is 5.11. The Bertz CT molecular complexity index is 128. The van der Waals surface area contributed by atoms with Crippen LogP contribution in [0.2, 0.25) is 0 Å². The van der Waals surface area contributed by atoms with Crippen LogP contribution in [0.1, 0.15) is 0 Å². The summed E-state index contributed by atoms with van der Waals surface area (Å²) < 4.78 is 0. The highest BCUT2D eigenvalue weighted by atomic mass is 35.5. The average molecular weight is 149 g/mol. The van der Waals surface area contributed by atoms with Crippen LogP contribution in [0.3, 0.4) is 0 Å². The molecule has 4 heteroatoms. The van der Waals surface area contributed by atoms with Gasteiger partial charge in [-0.3, -0.25) is 4.90 Å². The van der Waals surface area contributed by atoms with E-state index in [-0.39, 0.29) is 12.4 Å². The lowest BCUT2D eigenvalue weighted by Gasteiger charge is -1.96. The highest BCUT2D eigenvalue weighted by Crippen LogP contribution is 2.12. The van der Waals surface area contributed by atoms with Crippen molar-refractivity contribution in [2.75, 3.05) is 5.88 Å². The molecule has 0 N–H and O–H groups in total. The van der Waals surface area contributed by atoms with Crippen molar-refractivity contribution < 1.29 is 0 Å². The molecular formula is C4H5ClN2S. The van der Waals surface area contributed by atoms with Crippen molar-refractivity contribution in [3.05, 3.63) is 11.6 Å². The van der Waals surface area contributed by atoms with E-state index in [9.17, 15) is 0 Å². The van der Waals surface area contributed by atoms with Crippen LogP contribution in [0.5, 0.6) is 0 Å². The van der Waals surface area contributed by atoms with E-state index < -0.39 is 0 Å². The first-order valence-corrected chi connectivity index (χ1v) is 2.93. The Morgan fingerprint density at radius 2 is 2.50 bits per heavy atom. The first-order valence-electron chi connectivity index (χ1n) is 1.88. The molecule has 0 unspecified atom stereocenters. The van der Waals surface area contributed by atoms with Gasteiger partial charge in [-0.1, -0.05) is 0 Å². The number of halogens is 1. The molecule has 0 aliphatic carbocycles. The van der Waals surface area contributed by atoms with Crippen LogP contribution in [-0.2, 0) is 0 Å². The number of nitriles is 1. The molecule has 0 saturated carbocycles. The van der Waals surface area contributed by atoms with Gasteiger partial charge in [-0.2, -0.15) is 5.26 Å². The van der Waals surface area contributed by atoms with E-state index in [2.05, 4.69) is 0 Å². The second-order valence-electron chi connectivity index (χ2n) is 1.15. The van der Waals surface area contributed by atoms with Crippen LogP contribution in [0.4, 0.5) is 0 Å². The molecule has 2 nitrogen and oxygen atoms in total. The van der Waals surface area contributed by atoms with Gasteiger partial charge in [0, 0.05) is 6.20 Å². The summed E-state index contributed by atoms with van der Waals surface area (Å²) in [5.41, 5.74) is 0. The lowest BCUT2D eigenvalue weighted by Crippen LogP contribution is -2.02. The largest absolute Gasteiger partial charge is 0.276 e. The van der Waals surface area contributed by atoms with Crippen molar-refractivity contribution in [3.63, 3.8) is 0 Å². The number of nitrogens with zero attached hydrogens (tertiary/aromatic N) is 2. The first-order chi connectivity index (χ1) is 3.43. The summed E-state index contributed by atoms with van der Waals surface area (Å²) in [5.74, 6) is 0.788. The summed E-state index contributed by atoms with van der Waals surface area (Å²) in [4.78, 5) is 1.57. The second kappa shape index (κ2) is 3.65. The minimum absolute atomic E-state index is 0. The van der Waals surface area contributed by atoms with Crippen LogP contribution in [0, 0.1) is 11.5 Å². The molecule has 0 bridgehead atoms. The Balaban J connectivity index is 0.000000490. The van der Waals surface area contributed by atoms with E-state index in [1.807, 2.05) is 11.6 Å². The SMILES string of the molecule is Cl.N#CN1C=CSC1. The Labute approximate surface area is 58.6 Å². The van der Waals surface area contributed by atoms with Gasteiger partial charge in [0.05, 0.1) is 5.88 Å². The molecule has 44 valence electrons. The number of hydrogen-bond acceptors (Lipinski definition) is 3. The third-order valence-corrected chi connectivity index (χ3v) is 1.42. The highest BCUT2D eigenvalue weighted by molar-refractivity contribution is 8.02. The van der Waals surface area contributed by atoms with Gasteiger partial charge in [0.15, 0.2) is 6.19 Å². The molecule has 0 atom stereocenters. The van der Waals surface area contributed by atoms with Gasteiger partial charge in [-0.15, -0.1) is 24.2 Å². The third-order valence-electron chi connectivity index (χ3n) is 0.679. The van der Waals surface area contributed by atoms with Gasteiger partial charge in [-0.25, -0.2) is 0 Å². The molecule has 8 heavy (non-hydrogen) atoms. The lowest BCUT2D eigenvalue weighted by atomic mass is 10.8. The molecule has 0 radical (unpaired) electrons. The van der Waals surface area contributed by atoms with E-state index in [0.717, 1.165) is 5.88 Å². The van der Waals surface area contributed by atoms with E-state index in [4.69, 9.17) is 5.26 Å². The van der Waals surface area contributed by atoms with Gasteiger partial charge in [0.2, 0.25) is 0 Å². The van der Waals surface area contributed by atoms with Crippen molar-refractivity contribution >= 4 is 24.2 Å². The van der Waals surface area contributed by atoms with Crippen LogP contribution in [0.25, 0.3) is 0 Å². The molecule has 0 aromatic carbocycles. The van der Waals surface area contributed by atoms with E-state index in [1.165, 1.54) is 0 Å². The van der Waals surface area contributed by atoms with Gasteiger partial charge in [0.25, 0.3) is 0 Å². The maximum Gasteiger partial charge on any atom is 0.184 e. The molecule has 1 aliphatic rings. The summed E-state index contributed by atoms with van der Waals surface area (Å²) in [6, 6.07) is 0. The predicted molar refractivity (Wildman–Crippen MR) is 36.3 cm³/mol. The lowest BCUT2D eigenvalue weighted by molar-refractivity contribution is 0.635. The summed E-state index contributed by atoms with van der Waals surface area (Å²) in [7, 11) is 0.